The molecule has 0 spiro atoms. The third kappa shape index (κ3) is 4.60. The number of hydrazone groups is 1. The zero-order chi connectivity index (χ0) is 19.2. The smallest absolute Gasteiger partial charge is 0.271 e. The van der Waals surface area contributed by atoms with Crippen molar-refractivity contribution in [3.63, 3.8) is 0 Å². The number of rotatable bonds is 6. The second-order valence-corrected chi connectivity index (χ2v) is 7.09. The Bertz CT molecular complexity index is 831. The van der Waals surface area contributed by atoms with Crippen LogP contribution in [0.15, 0.2) is 46.0 Å². The van der Waals surface area contributed by atoms with E-state index in [-0.39, 0.29) is 5.91 Å². The Morgan fingerprint density at radius 2 is 1.85 bits per heavy atom. The van der Waals surface area contributed by atoms with Crippen molar-refractivity contribution in [2.45, 2.75) is 12.8 Å². The molecule has 0 aromatic heterocycles. The molecule has 6 nitrogen and oxygen atoms in total. The van der Waals surface area contributed by atoms with E-state index in [9.17, 15) is 4.79 Å². The van der Waals surface area contributed by atoms with Crippen LogP contribution in [0, 0.1) is 0 Å². The fraction of sp³-hybridized carbons (Fsp3) is 0.300. The van der Waals surface area contributed by atoms with Gasteiger partial charge in [-0.2, -0.15) is 5.10 Å². The third-order valence-electron chi connectivity index (χ3n) is 4.44. The van der Waals surface area contributed by atoms with E-state index in [1.165, 1.54) is 19.1 Å². The first-order valence-corrected chi connectivity index (χ1v) is 9.51. The molecular formula is C20H22BrN3O3. The Morgan fingerprint density at radius 3 is 2.48 bits per heavy atom. The van der Waals surface area contributed by atoms with Gasteiger partial charge in [-0.25, -0.2) is 5.43 Å². The average Bonchev–Trinajstić information content (AvgIpc) is 3.22. The molecule has 0 radical (unpaired) electrons. The molecule has 2 aromatic rings. The van der Waals surface area contributed by atoms with Crippen LogP contribution in [0.25, 0.3) is 0 Å². The van der Waals surface area contributed by atoms with Gasteiger partial charge in [-0.15, -0.1) is 0 Å². The van der Waals surface area contributed by atoms with Crippen LogP contribution in [0.4, 0.5) is 5.69 Å². The van der Waals surface area contributed by atoms with Gasteiger partial charge in [0.15, 0.2) is 11.5 Å². The number of methoxy groups -OCH3 is 2. The molecule has 3 rings (SSSR count). The number of ether oxygens (including phenoxy) is 2. The Kier molecular flexibility index (Phi) is 6.34. The summed E-state index contributed by atoms with van der Waals surface area (Å²) in [6.07, 6.45) is 3.98. The summed E-state index contributed by atoms with van der Waals surface area (Å²) in [5, 5.41) is 4.05. The monoisotopic (exact) mass is 431 g/mol. The maximum absolute atomic E-state index is 12.3. The fourth-order valence-electron chi connectivity index (χ4n) is 3.08. The number of halogens is 1. The lowest BCUT2D eigenvalue weighted by atomic mass is 10.2. The molecule has 1 aliphatic rings. The molecule has 2 aromatic carbocycles. The molecule has 0 bridgehead atoms. The van der Waals surface area contributed by atoms with Gasteiger partial charge >= 0.3 is 0 Å². The van der Waals surface area contributed by atoms with Crippen molar-refractivity contribution in [2.75, 3.05) is 32.2 Å². The summed E-state index contributed by atoms with van der Waals surface area (Å²) < 4.78 is 11.5. The Hall–Kier alpha value is -2.54. The van der Waals surface area contributed by atoms with Gasteiger partial charge in [-0.3, -0.25) is 4.79 Å². The SMILES string of the molecule is COc1cc(Br)cc(/C=N\NC(=O)c2ccc(N3CCCC3)cc2)c1OC. The van der Waals surface area contributed by atoms with Crippen LogP contribution in [0.3, 0.4) is 0 Å². The molecule has 1 fully saturated rings. The molecule has 1 saturated heterocycles. The lowest BCUT2D eigenvalue weighted by Gasteiger charge is -2.17. The highest BCUT2D eigenvalue weighted by atomic mass is 79.9. The van der Waals surface area contributed by atoms with Gasteiger partial charge in [0.25, 0.3) is 5.91 Å². The van der Waals surface area contributed by atoms with Crippen molar-refractivity contribution in [1.82, 2.24) is 5.43 Å². The lowest BCUT2D eigenvalue weighted by Crippen LogP contribution is -2.19. The number of benzene rings is 2. The molecule has 0 saturated carbocycles. The highest BCUT2D eigenvalue weighted by Gasteiger charge is 2.13. The van der Waals surface area contributed by atoms with Crippen molar-refractivity contribution < 1.29 is 14.3 Å². The quantitative estimate of drug-likeness (QED) is 0.557. The summed E-state index contributed by atoms with van der Waals surface area (Å²) in [6, 6.07) is 11.2. The Morgan fingerprint density at radius 1 is 1.15 bits per heavy atom. The fourth-order valence-corrected chi connectivity index (χ4v) is 3.53. The lowest BCUT2D eigenvalue weighted by molar-refractivity contribution is 0.0955. The third-order valence-corrected chi connectivity index (χ3v) is 4.90. The maximum Gasteiger partial charge on any atom is 0.271 e. The molecule has 0 unspecified atom stereocenters. The van der Waals surface area contributed by atoms with Gasteiger partial charge in [0.1, 0.15) is 0 Å². The largest absolute Gasteiger partial charge is 0.493 e. The van der Waals surface area contributed by atoms with Crippen LogP contribution in [0.2, 0.25) is 0 Å². The van der Waals surface area contributed by atoms with E-state index in [1.807, 2.05) is 30.3 Å². The minimum absolute atomic E-state index is 0.264. The van der Waals surface area contributed by atoms with Crippen molar-refractivity contribution in [1.29, 1.82) is 0 Å². The minimum Gasteiger partial charge on any atom is -0.493 e. The van der Waals surface area contributed by atoms with E-state index >= 15 is 0 Å². The number of amides is 1. The number of carbonyl (C=O) groups is 1. The average molecular weight is 432 g/mol. The van der Waals surface area contributed by atoms with Gasteiger partial charge in [-0.1, -0.05) is 15.9 Å². The standard InChI is InChI=1S/C20H22BrN3O3/c1-26-18-12-16(21)11-15(19(18)27-2)13-22-23-20(25)14-5-7-17(8-6-14)24-9-3-4-10-24/h5-8,11-13H,3-4,9-10H2,1-2H3,(H,23,25)/b22-13-. The van der Waals surface area contributed by atoms with E-state index in [0.29, 0.717) is 22.6 Å². The second kappa shape index (κ2) is 8.90. The van der Waals surface area contributed by atoms with Crippen molar-refractivity contribution >= 4 is 33.7 Å². The van der Waals surface area contributed by atoms with Crippen LogP contribution in [0.5, 0.6) is 11.5 Å². The predicted molar refractivity (Wildman–Crippen MR) is 110 cm³/mol. The van der Waals surface area contributed by atoms with Gasteiger partial charge in [0, 0.05) is 34.4 Å². The van der Waals surface area contributed by atoms with Crippen LogP contribution in [-0.4, -0.2) is 39.4 Å². The zero-order valence-corrected chi connectivity index (χ0v) is 17.0. The van der Waals surface area contributed by atoms with E-state index in [4.69, 9.17) is 9.47 Å². The van der Waals surface area contributed by atoms with Gasteiger partial charge in [0.05, 0.1) is 20.4 Å². The van der Waals surface area contributed by atoms with Crippen LogP contribution in [0.1, 0.15) is 28.8 Å². The summed E-state index contributed by atoms with van der Waals surface area (Å²) in [5.74, 6) is 0.867. The topological polar surface area (TPSA) is 63.2 Å². The van der Waals surface area contributed by atoms with E-state index in [0.717, 1.165) is 23.2 Å². The normalized spacial score (nSPS) is 13.8. The molecule has 0 atom stereocenters. The molecule has 27 heavy (non-hydrogen) atoms. The number of nitrogens with zero attached hydrogens (tertiary/aromatic N) is 2. The first kappa shape index (κ1) is 19.2. The Labute approximate surface area is 167 Å². The van der Waals surface area contributed by atoms with E-state index in [2.05, 4.69) is 31.4 Å². The Balaban J connectivity index is 1.67. The molecular weight excluding hydrogens is 410 g/mol. The number of nitrogens with one attached hydrogen (secondary N) is 1. The number of hydrogen-bond acceptors (Lipinski definition) is 5. The van der Waals surface area contributed by atoms with Gasteiger partial charge < -0.3 is 14.4 Å². The summed E-state index contributed by atoms with van der Waals surface area (Å²) >= 11 is 3.42. The molecule has 1 N–H and O–H groups in total. The summed E-state index contributed by atoms with van der Waals surface area (Å²) in [6.45, 7) is 2.15. The predicted octanol–water partition coefficient (Wildman–Crippen LogP) is 3.83. The highest BCUT2D eigenvalue weighted by Crippen LogP contribution is 2.33. The molecule has 0 aliphatic carbocycles. The maximum atomic E-state index is 12.3. The van der Waals surface area contributed by atoms with Gasteiger partial charge in [-0.05, 0) is 49.2 Å². The number of carbonyl (C=O) groups excluding carboxylic acids is 1. The van der Waals surface area contributed by atoms with Crippen LogP contribution < -0.4 is 19.8 Å². The number of hydrogen-bond donors (Lipinski definition) is 1. The second-order valence-electron chi connectivity index (χ2n) is 6.17. The van der Waals surface area contributed by atoms with Crippen molar-refractivity contribution in [3.8, 4) is 11.5 Å². The molecule has 1 amide bonds. The number of anilines is 1. The summed E-state index contributed by atoms with van der Waals surface area (Å²) in [4.78, 5) is 14.6. The first-order chi connectivity index (χ1) is 13.1. The molecule has 1 heterocycles. The van der Waals surface area contributed by atoms with E-state index in [1.54, 1.807) is 20.3 Å². The highest BCUT2D eigenvalue weighted by molar-refractivity contribution is 9.10. The molecule has 1 aliphatic heterocycles. The van der Waals surface area contributed by atoms with Crippen molar-refractivity contribution in [3.05, 3.63) is 52.0 Å². The van der Waals surface area contributed by atoms with Crippen LogP contribution >= 0.6 is 15.9 Å². The van der Waals surface area contributed by atoms with Crippen LogP contribution in [-0.2, 0) is 0 Å². The van der Waals surface area contributed by atoms with Gasteiger partial charge in [0.2, 0.25) is 0 Å². The van der Waals surface area contributed by atoms with Crippen molar-refractivity contribution in [2.24, 2.45) is 5.10 Å². The van der Waals surface area contributed by atoms with E-state index < -0.39 is 0 Å². The molecule has 142 valence electrons. The minimum atomic E-state index is -0.264. The summed E-state index contributed by atoms with van der Waals surface area (Å²) in [5.41, 5.74) is 4.95. The molecule has 7 heteroatoms. The summed E-state index contributed by atoms with van der Waals surface area (Å²) in [7, 11) is 3.13. The first-order valence-electron chi connectivity index (χ1n) is 8.72. The zero-order valence-electron chi connectivity index (χ0n) is 15.4.